The van der Waals surface area contributed by atoms with E-state index in [2.05, 4.69) is 41.5 Å². The van der Waals surface area contributed by atoms with Crippen LogP contribution in [0.2, 0.25) is 18.1 Å². The van der Waals surface area contributed by atoms with Gasteiger partial charge in [0.25, 0.3) is 11.9 Å². The molecule has 3 N–H and O–H groups in total. The standard InChI is InChI=1S/C6H15Si.2C2H4O2.3C2H5.HN.Pd/c1-4-7(5-2)6-3;2*1-2(3)4;3*1-2;;/h4-6H2,1-3H3;2*1H3,(H,3,4);3*1H2,2H3;1H;/q;;;3*-1;;. The Bertz CT molecular complexity index is 156. The van der Waals surface area contributed by atoms with Gasteiger partial charge in [-0.3, -0.25) is 9.59 Å². The monoisotopic (exact) mass is 443 g/mol. The third-order valence-corrected chi connectivity index (χ3v) is 4.50. The maximum atomic E-state index is 9.00. The first kappa shape index (κ1) is 43.3. The molecule has 149 valence electrons. The van der Waals surface area contributed by atoms with E-state index in [-0.39, 0.29) is 8.80 Å². The van der Waals surface area contributed by atoms with Crippen LogP contribution in [0.3, 0.4) is 0 Å². The number of nitrogens with one attached hydrogen (secondary N) is 1. The third kappa shape index (κ3) is 264. The zero-order valence-electron chi connectivity index (χ0n) is 16.3. The van der Waals surface area contributed by atoms with E-state index in [0.29, 0.717) is 0 Å². The van der Waals surface area contributed by atoms with Crippen LogP contribution >= 0.6 is 0 Å². The Morgan fingerprint density at radius 1 is 0.783 bits per heavy atom. The summed E-state index contributed by atoms with van der Waals surface area (Å²) in [5.74, 6) is -1.67. The minimum absolute atomic E-state index is 0.137. The van der Waals surface area contributed by atoms with Crippen molar-refractivity contribution in [2.75, 3.05) is 0 Å². The second kappa shape index (κ2) is 68.1. The summed E-state index contributed by atoms with van der Waals surface area (Å²) >= 11 is 2.00. The van der Waals surface area contributed by atoms with Crippen molar-refractivity contribution in [3.05, 3.63) is 20.8 Å². The summed E-state index contributed by atoms with van der Waals surface area (Å²) in [6, 6.07) is 4.37. The molecular formula is C16H39NO4PdSi-3. The fourth-order valence-corrected chi connectivity index (χ4v) is 2.25. The Morgan fingerprint density at radius 2 is 0.870 bits per heavy atom. The molecule has 5 nitrogen and oxygen atoms in total. The molecule has 0 bridgehead atoms. The Kier molecular flexibility index (Phi) is 128. The van der Waals surface area contributed by atoms with Crippen LogP contribution in [0.4, 0.5) is 0 Å². The van der Waals surface area contributed by atoms with E-state index in [1.54, 1.807) is 20.8 Å². The zero-order chi connectivity index (χ0) is 20.9. The van der Waals surface area contributed by atoms with E-state index in [9.17, 15) is 0 Å². The molecule has 0 unspecified atom stereocenters. The van der Waals surface area contributed by atoms with Crippen molar-refractivity contribution in [3.63, 3.8) is 0 Å². The molecule has 0 saturated carbocycles. The van der Waals surface area contributed by atoms with E-state index >= 15 is 0 Å². The summed E-state index contributed by atoms with van der Waals surface area (Å²) in [6.07, 6.45) is 0. The van der Waals surface area contributed by atoms with Gasteiger partial charge in [-0.05, 0) is 0 Å². The molecule has 0 aliphatic rings. The van der Waals surface area contributed by atoms with E-state index in [0.717, 1.165) is 13.8 Å². The van der Waals surface area contributed by atoms with Gasteiger partial charge in [0, 0.05) is 22.6 Å². The van der Waals surface area contributed by atoms with Crippen LogP contribution in [0, 0.1) is 24.8 Å². The molecule has 7 heteroatoms. The van der Waals surface area contributed by atoms with Crippen LogP contribution in [0.1, 0.15) is 55.4 Å². The van der Waals surface area contributed by atoms with Crippen molar-refractivity contribution >= 4 is 20.7 Å². The van der Waals surface area contributed by atoms with Gasteiger partial charge in [-0.25, -0.2) is 0 Å². The van der Waals surface area contributed by atoms with Crippen molar-refractivity contribution in [1.82, 2.24) is 0 Å². The zero-order valence-corrected chi connectivity index (χ0v) is 18.8. The van der Waals surface area contributed by atoms with Crippen LogP contribution in [-0.4, -0.2) is 30.9 Å². The average Bonchev–Trinajstić information content (AvgIpc) is 2.56. The van der Waals surface area contributed by atoms with E-state index in [1.165, 1.54) is 18.1 Å². The summed E-state index contributed by atoms with van der Waals surface area (Å²) in [6.45, 7) is 24.1. The van der Waals surface area contributed by atoms with Crippen LogP contribution < -0.4 is 0 Å². The van der Waals surface area contributed by atoms with Gasteiger partial charge in [0.1, 0.15) is 0 Å². The summed E-state index contributed by atoms with van der Waals surface area (Å²) in [5, 5.41) is 14.8. The molecule has 0 saturated heterocycles. The fourth-order valence-electron chi connectivity index (χ4n) is 0.750. The van der Waals surface area contributed by atoms with Crippen molar-refractivity contribution in [3.8, 4) is 0 Å². The molecule has 0 spiro atoms. The number of carboxylic acids is 2. The molecule has 0 aliphatic heterocycles. The van der Waals surface area contributed by atoms with Crippen LogP contribution in [0.5, 0.6) is 0 Å². The van der Waals surface area contributed by atoms with Gasteiger partial charge in [0.15, 0.2) is 0 Å². The molecule has 0 rings (SSSR count). The molecule has 0 aromatic rings. The summed E-state index contributed by atoms with van der Waals surface area (Å²) in [4.78, 5) is 18.0. The molecule has 0 amide bonds. The SMILES string of the molecule is CC(=O)O.CC(=O)O.CC[Si](CC)CC.[CH2-]C.[CH2-]C.[CH2-]C.[NH]=[Pd]. The number of carboxylic acid groups (broad SMARTS) is 2. The number of hydrogen-bond donors (Lipinski definition) is 3. The molecule has 0 atom stereocenters. The average molecular weight is 444 g/mol. The first-order valence-electron chi connectivity index (χ1n) is 7.32. The van der Waals surface area contributed by atoms with Gasteiger partial charge < -0.3 is 31.0 Å². The van der Waals surface area contributed by atoms with E-state index in [1.807, 2.05) is 19.0 Å². The predicted octanol–water partition coefficient (Wildman–Crippen LogP) is 5.54. The van der Waals surface area contributed by atoms with Gasteiger partial charge in [-0.15, -0.1) is 0 Å². The summed E-state index contributed by atoms with van der Waals surface area (Å²) in [7, 11) is 0.137. The van der Waals surface area contributed by atoms with Crippen LogP contribution in [0.25, 0.3) is 0 Å². The minimum atomic E-state index is -0.833. The van der Waals surface area contributed by atoms with E-state index in [4.69, 9.17) is 23.8 Å². The Morgan fingerprint density at radius 3 is 0.870 bits per heavy atom. The fraction of sp³-hybridized carbons (Fsp3) is 0.688. The van der Waals surface area contributed by atoms with E-state index < -0.39 is 11.9 Å². The van der Waals surface area contributed by atoms with Crippen molar-refractivity contribution in [1.29, 1.82) is 3.99 Å². The molecule has 23 heavy (non-hydrogen) atoms. The van der Waals surface area contributed by atoms with Gasteiger partial charge in [-0.1, -0.05) is 38.9 Å². The predicted molar refractivity (Wildman–Crippen MR) is 99.6 cm³/mol. The number of aliphatic carboxylic acids is 2. The molecular weight excluding hydrogens is 405 g/mol. The Hall–Kier alpha value is -0.381. The second-order valence-corrected chi connectivity index (χ2v) is 6.47. The van der Waals surface area contributed by atoms with Gasteiger partial charge in [-0.2, -0.15) is 20.8 Å². The van der Waals surface area contributed by atoms with Crippen molar-refractivity contribution in [2.24, 2.45) is 0 Å². The molecule has 0 aromatic carbocycles. The first-order chi connectivity index (χ1) is 10.8. The normalized spacial score (nSPS) is 6.35. The van der Waals surface area contributed by atoms with Gasteiger partial charge in [0.2, 0.25) is 0 Å². The van der Waals surface area contributed by atoms with Gasteiger partial charge in [0.05, 0.1) is 0 Å². The first-order valence-corrected chi connectivity index (χ1v) is 10.2. The maximum absolute atomic E-state index is 9.00. The van der Waals surface area contributed by atoms with Crippen LogP contribution in [0.15, 0.2) is 0 Å². The number of carbonyl (C=O) groups is 2. The second-order valence-electron chi connectivity index (χ2n) is 2.85. The summed E-state index contributed by atoms with van der Waals surface area (Å²) < 4.78 is 5.60. The number of hydrogen-bond acceptors (Lipinski definition) is 3. The van der Waals surface area contributed by atoms with Crippen molar-refractivity contribution in [2.45, 2.75) is 73.5 Å². The number of rotatable bonds is 3. The molecule has 0 heterocycles. The quantitative estimate of drug-likeness (QED) is 0.394. The molecule has 1 radical (unpaired) electrons. The third-order valence-electron chi connectivity index (χ3n) is 1.50. The molecule has 0 fully saturated rings. The summed E-state index contributed by atoms with van der Waals surface area (Å²) in [5.41, 5.74) is 0. The molecule has 0 aromatic heterocycles. The van der Waals surface area contributed by atoms with Crippen molar-refractivity contribution < 1.29 is 38.8 Å². The van der Waals surface area contributed by atoms with Gasteiger partial charge >= 0.3 is 23.0 Å². The van der Waals surface area contributed by atoms with Crippen LogP contribution in [-0.2, 0) is 28.6 Å². The Balaban J connectivity index is -0.0000000282. The molecule has 0 aliphatic carbocycles. The Labute approximate surface area is 157 Å². The topological polar surface area (TPSA) is 98.4 Å².